The average Bonchev–Trinajstić information content (AvgIpc) is 2.94. The molecule has 152 valence electrons. The monoisotopic (exact) mass is 427 g/mol. The summed E-state index contributed by atoms with van der Waals surface area (Å²) in [7, 11) is -5.13. The molecule has 0 aliphatic carbocycles. The maximum absolute atomic E-state index is 13.6. The van der Waals surface area contributed by atoms with Crippen molar-refractivity contribution in [3.05, 3.63) is 48.5 Å². The summed E-state index contributed by atoms with van der Waals surface area (Å²) in [5, 5.41) is 10.4. The van der Waals surface area contributed by atoms with Gasteiger partial charge in [-0.2, -0.15) is 0 Å². The van der Waals surface area contributed by atoms with Gasteiger partial charge in [-0.05, 0) is 24.3 Å². The van der Waals surface area contributed by atoms with E-state index in [0.717, 1.165) is 4.31 Å². The summed E-state index contributed by atoms with van der Waals surface area (Å²) in [4.78, 5) is -0.185. The standard InChI is InChI=1S/C18H21NO7S2/c1-25-14-8-9-17(26-2)18(10-14)28(23,24)19(13-6-4-3-5-7-13)15-11-27(21,22)12-16(15)20/h3-10,15-16,20H,11-12H2,1-2H3/t15-,16-/m0/s1. The summed E-state index contributed by atoms with van der Waals surface area (Å²) < 4.78 is 62.6. The van der Waals surface area contributed by atoms with Gasteiger partial charge in [-0.15, -0.1) is 0 Å². The van der Waals surface area contributed by atoms with Crippen LogP contribution in [0.5, 0.6) is 11.5 Å². The van der Waals surface area contributed by atoms with Crippen LogP contribution in [0.4, 0.5) is 5.69 Å². The number of sulfone groups is 1. The number of benzene rings is 2. The number of hydrogen-bond acceptors (Lipinski definition) is 7. The molecule has 1 aliphatic rings. The molecule has 2 atom stereocenters. The number of para-hydroxylation sites is 1. The molecular formula is C18H21NO7S2. The first-order chi connectivity index (χ1) is 13.2. The van der Waals surface area contributed by atoms with Gasteiger partial charge in [0, 0.05) is 6.07 Å². The highest BCUT2D eigenvalue weighted by atomic mass is 32.2. The van der Waals surface area contributed by atoms with Gasteiger partial charge in [0.1, 0.15) is 16.4 Å². The molecule has 0 radical (unpaired) electrons. The van der Waals surface area contributed by atoms with Gasteiger partial charge in [-0.25, -0.2) is 16.8 Å². The van der Waals surface area contributed by atoms with E-state index in [2.05, 4.69) is 0 Å². The Morgan fingerprint density at radius 1 is 1.04 bits per heavy atom. The molecule has 8 nitrogen and oxygen atoms in total. The number of ether oxygens (including phenoxy) is 2. The largest absolute Gasteiger partial charge is 0.497 e. The molecule has 0 unspecified atom stereocenters. The van der Waals surface area contributed by atoms with Crippen LogP contribution in [-0.4, -0.2) is 59.8 Å². The number of sulfonamides is 1. The number of aliphatic hydroxyl groups is 1. The number of aliphatic hydroxyl groups excluding tert-OH is 1. The molecule has 0 bridgehead atoms. The molecule has 0 amide bonds. The van der Waals surface area contributed by atoms with Crippen LogP contribution in [0, 0.1) is 0 Å². The van der Waals surface area contributed by atoms with Crippen molar-refractivity contribution in [2.24, 2.45) is 0 Å². The number of anilines is 1. The van der Waals surface area contributed by atoms with E-state index >= 15 is 0 Å². The lowest BCUT2D eigenvalue weighted by atomic mass is 10.2. The Kier molecular flexibility index (Phi) is 5.55. The maximum Gasteiger partial charge on any atom is 0.268 e. The zero-order chi connectivity index (χ0) is 20.5. The molecule has 1 heterocycles. The molecule has 1 aliphatic heterocycles. The second-order valence-corrected chi connectivity index (χ2v) is 10.3. The number of methoxy groups -OCH3 is 2. The van der Waals surface area contributed by atoms with Crippen molar-refractivity contribution in [3.8, 4) is 11.5 Å². The second-order valence-electron chi connectivity index (χ2n) is 6.36. The number of hydrogen-bond donors (Lipinski definition) is 1. The molecule has 2 aromatic rings. The van der Waals surface area contributed by atoms with Gasteiger partial charge < -0.3 is 14.6 Å². The third-order valence-electron chi connectivity index (χ3n) is 4.51. The quantitative estimate of drug-likeness (QED) is 0.734. The third kappa shape index (κ3) is 3.80. The lowest BCUT2D eigenvalue weighted by molar-refractivity contribution is 0.184. The van der Waals surface area contributed by atoms with Crippen molar-refractivity contribution in [2.45, 2.75) is 17.0 Å². The summed E-state index contributed by atoms with van der Waals surface area (Å²) in [6, 6.07) is 11.2. The van der Waals surface area contributed by atoms with E-state index in [0.29, 0.717) is 5.75 Å². The molecule has 1 saturated heterocycles. The van der Waals surface area contributed by atoms with Crippen molar-refractivity contribution in [1.82, 2.24) is 0 Å². The van der Waals surface area contributed by atoms with Gasteiger partial charge in [-0.3, -0.25) is 4.31 Å². The Morgan fingerprint density at radius 2 is 1.71 bits per heavy atom. The van der Waals surface area contributed by atoms with Gasteiger partial charge >= 0.3 is 0 Å². The molecule has 1 fully saturated rings. The maximum atomic E-state index is 13.6. The minimum atomic E-state index is -4.29. The lowest BCUT2D eigenvalue weighted by Crippen LogP contribution is -2.47. The SMILES string of the molecule is COc1ccc(OC)c(S(=O)(=O)N(c2ccccc2)[C@H]2CS(=O)(=O)C[C@@H]2O)c1. The van der Waals surface area contributed by atoms with E-state index in [4.69, 9.17) is 9.47 Å². The summed E-state index contributed by atoms with van der Waals surface area (Å²) in [6.07, 6.45) is -1.35. The molecule has 28 heavy (non-hydrogen) atoms. The Balaban J connectivity index is 2.21. The first-order valence-electron chi connectivity index (χ1n) is 8.39. The van der Waals surface area contributed by atoms with E-state index in [1.54, 1.807) is 36.4 Å². The van der Waals surface area contributed by atoms with Crippen LogP contribution in [0.15, 0.2) is 53.4 Å². The van der Waals surface area contributed by atoms with Crippen LogP contribution in [0.1, 0.15) is 0 Å². The fraction of sp³-hybridized carbons (Fsp3) is 0.333. The zero-order valence-electron chi connectivity index (χ0n) is 15.3. The molecule has 10 heteroatoms. The van der Waals surface area contributed by atoms with Crippen LogP contribution in [0.3, 0.4) is 0 Å². The van der Waals surface area contributed by atoms with Gasteiger partial charge in [-0.1, -0.05) is 18.2 Å². The van der Waals surface area contributed by atoms with Crippen LogP contribution < -0.4 is 13.8 Å². The average molecular weight is 428 g/mol. The molecule has 0 aromatic heterocycles. The third-order valence-corrected chi connectivity index (χ3v) is 8.09. The highest BCUT2D eigenvalue weighted by molar-refractivity contribution is 7.93. The lowest BCUT2D eigenvalue weighted by Gasteiger charge is -2.32. The molecule has 2 aromatic carbocycles. The zero-order valence-corrected chi connectivity index (χ0v) is 17.0. The molecule has 0 saturated carbocycles. The van der Waals surface area contributed by atoms with Crippen LogP contribution in [0.2, 0.25) is 0 Å². The minimum Gasteiger partial charge on any atom is -0.497 e. The van der Waals surface area contributed by atoms with Crippen LogP contribution in [0.25, 0.3) is 0 Å². The predicted molar refractivity (Wildman–Crippen MR) is 104 cm³/mol. The summed E-state index contributed by atoms with van der Waals surface area (Å²) in [5.41, 5.74) is 0.244. The number of rotatable bonds is 6. The summed E-state index contributed by atoms with van der Waals surface area (Å²) in [5.74, 6) is -0.593. The van der Waals surface area contributed by atoms with E-state index in [-0.39, 0.29) is 16.3 Å². The minimum absolute atomic E-state index is 0.0806. The smallest absolute Gasteiger partial charge is 0.268 e. The van der Waals surface area contributed by atoms with Crippen molar-refractivity contribution < 1.29 is 31.4 Å². The van der Waals surface area contributed by atoms with E-state index in [1.165, 1.54) is 26.4 Å². The molecule has 3 rings (SSSR count). The number of nitrogens with zero attached hydrogens (tertiary/aromatic N) is 1. The Hall–Kier alpha value is -2.30. The fourth-order valence-corrected chi connectivity index (χ4v) is 6.93. The van der Waals surface area contributed by atoms with Crippen molar-refractivity contribution in [3.63, 3.8) is 0 Å². The van der Waals surface area contributed by atoms with Gasteiger partial charge in [0.25, 0.3) is 10.0 Å². The summed E-state index contributed by atoms with van der Waals surface area (Å²) in [6.45, 7) is 0. The predicted octanol–water partition coefficient (Wildman–Crippen LogP) is 1.06. The van der Waals surface area contributed by atoms with E-state index < -0.39 is 43.5 Å². The van der Waals surface area contributed by atoms with Gasteiger partial charge in [0.2, 0.25) is 0 Å². The van der Waals surface area contributed by atoms with Crippen molar-refractivity contribution in [1.29, 1.82) is 0 Å². The summed E-state index contributed by atoms with van der Waals surface area (Å²) >= 11 is 0. The molecule has 0 spiro atoms. The Labute approximate surface area is 164 Å². The van der Waals surface area contributed by atoms with Crippen molar-refractivity contribution in [2.75, 3.05) is 30.0 Å². The molecule has 1 N–H and O–H groups in total. The highest BCUT2D eigenvalue weighted by Crippen LogP contribution is 2.36. The first kappa shape index (κ1) is 20.4. The molecular weight excluding hydrogens is 406 g/mol. The van der Waals surface area contributed by atoms with Crippen LogP contribution >= 0.6 is 0 Å². The first-order valence-corrected chi connectivity index (χ1v) is 11.7. The second kappa shape index (κ2) is 7.61. The Morgan fingerprint density at radius 3 is 2.25 bits per heavy atom. The van der Waals surface area contributed by atoms with Gasteiger partial charge in [0.15, 0.2) is 9.84 Å². The normalized spacial score (nSPS) is 21.2. The van der Waals surface area contributed by atoms with Crippen molar-refractivity contribution >= 4 is 25.5 Å². The van der Waals surface area contributed by atoms with E-state index in [9.17, 15) is 21.9 Å². The highest BCUT2D eigenvalue weighted by Gasteiger charge is 2.45. The van der Waals surface area contributed by atoms with E-state index in [1.807, 2.05) is 0 Å². The van der Waals surface area contributed by atoms with Crippen LogP contribution in [-0.2, 0) is 19.9 Å². The Bertz CT molecular complexity index is 1050. The fourth-order valence-electron chi connectivity index (χ4n) is 3.21. The van der Waals surface area contributed by atoms with Gasteiger partial charge in [0.05, 0.1) is 43.6 Å². The topological polar surface area (TPSA) is 110 Å².